The second-order valence-electron chi connectivity index (χ2n) is 5.16. The summed E-state index contributed by atoms with van der Waals surface area (Å²) in [6, 6.07) is 8.44. The van der Waals surface area contributed by atoms with E-state index in [1.165, 1.54) is 18.4 Å². The number of aryl methyl sites for hydroxylation is 1. The van der Waals surface area contributed by atoms with Crippen LogP contribution >= 0.6 is 0 Å². The number of hydrogen-bond donors (Lipinski definition) is 1. The lowest BCUT2D eigenvalue weighted by molar-refractivity contribution is 0.637. The van der Waals surface area contributed by atoms with E-state index >= 15 is 0 Å². The largest absolute Gasteiger partial charge is 0.325 e. The molecular weight excluding hydrogens is 234 g/mol. The maximum absolute atomic E-state index is 4.42. The molecule has 1 heterocycles. The summed E-state index contributed by atoms with van der Waals surface area (Å²) in [5.41, 5.74) is 2.48. The summed E-state index contributed by atoms with van der Waals surface area (Å²) in [6.07, 6.45) is 6.27. The van der Waals surface area contributed by atoms with Gasteiger partial charge in [0.1, 0.15) is 0 Å². The van der Waals surface area contributed by atoms with Crippen molar-refractivity contribution >= 4 is 11.6 Å². The van der Waals surface area contributed by atoms with Crippen molar-refractivity contribution in [2.75, 3.05) is 5.32 Å². The first-order valence-electron chi connectivity index (χ1n) is 7.09. The molecule has 0 aliphatic rings. The van der Waals surface area contributed by atoms with E-state index in [1.807, 2.05) is 12.4 Å². The average molecular weight is 257 g/mol. The van der Waals surface area contributed by atoms with E-state index in [4.69, 9.17) is 0 Å². The van der Waals surface area contributed by atoms with Gasteiger partial charge in [-0.25, -0.2) is 4.98 Å². The highest BCUT2D eigenvalue weighted by molar-refractivity contribution is 5.59. The van der Waals surface area contributed by atoms with E-state index in [-0.39, 0.29) is 0 Å². The Morgan fingerprint density at radius 2 is 2.05 bits per heavy atom. The molecule has 1 N–H and O–H groups in total. The Labute approximate surface area is 115 Å². The monoisotopic (exact) mass is 257 g/mol. The number of nitrogens with zero attached hydrogens (tertiary/aromatic N) is 2. The van der Waals surface area contributed by atoms with Gasteiger partial charge in [0.2, 0.25) is 5.95 Å². The molecule has 0 radical (unpaired) electrons. The zero-order chi connectivity index (χ0) is 13.7. The molecule has 102 valence electrons. The molecule has 0 amide bonds. The summed E-state index contributed by atoms with van der Waals surface area (Å²) < 4.78 is 2.18. The molecular formula is C16H23N3. The Kier molecular flexibility index (Phi) is 4.61. The minimum absolute atomic E-state index is 0.503. The van der Waals surface area contributed by atoms with Crippen LogP contribution in [-0.4, -0.2) is 9.55 Å². The molecule has 19 heavy (non-hydrogen) atoms. The highest BCUT2D eigenvalue weighted by Gasteiger charge is 2.08. The van der Waals surface area contributed by atoms with Crippen LogP contribution < -0.4 is 5.32 Å². The molecule has 1 aromatic carbocycles. The fourth-order valence-electron chi connectivity index (χ4n) is 2.18. The highest BCUT2D eigenvalue weighted by Crippen LogP contribution is 2.26. The van der Waals surface area contributed by atoms with Crippen molar-refractivity contribution in [2.24, 2.45) is 0 Å². The predicted octanol–water partition coefficient (Wildman–Crippen LogP) is 4.55. The van der Waals surface area contributed by atoms with Crippen molar-refractivity contribution in [2.45, 2.75) is 46.1 Å². The quantitative estimate of drug-likeness (QED) is 0.822. The van der Waals surface area contributed by atoms with Gasteiger partial charge in [-0.15, -0.1) is 0 Å². The van der Waals surface area contributed by atoms with Crippen LogP contribution in [0.15, 0.2) is 36.7 Å². The van der Waals surface area contributed by atoms with Crippen molar-refractivity contribution < 1.29 is 0 Å². The summed E-state index contributed by atoms with van der Waals surface area (Å²) >= 11 is 0. The van der Waals surface area contributed by atoms with E-state index in [1.54, 1.807) is 0 Å². The molecule has 0 atom stereocenters. The molecule has 2 aromatic rings. The summed E-state index contributed by atoms with van der Waals surface area (Å²) in [6.45, 7) is 7.65. The lowest BCUT2D eigenvalue weighted by atomic mass is 10.0. The van der Waals surface area contributed by atoms with E-state index < -0.39 is 0 Å². The molecule has 0 spiro atoms. The van der Waals surface area contributed by atoms with Gasteiger partial charge < -0.3 is 9.88 Å². The first kappa shape index (κ1) is 13.7. The van der Waals surface area contributed by atoms with Gasteiger partial charge in [-0.3, -0.25) is 0 Å². The van der Waals surface area contributed by atoms with Crippen LogP contribution in [0.5, 0.6) is 0 Å². The third kappa shape index (κ3) is 3.37. The number of hydrogen-bond acceptors (Lipinski definition) is 2. The molecule has 3 heteroatoms. The van der Waals surface area contributed by atoms with Gasteiger partial charge in [0.25, 0.3) is 0 Å². The van der Waals surface area contributed by atoms with Gasteiger partial charge in [0, 0.05) is 24.6 Å². The van der Waals surface area contributed by atoms with Crippen molar-refractivity contribution in [3.8, 4) is 0 Å². The number of rotatable bonds is 6. The summed E-state index contributed by atoms with van der Waals surface area (Å²) in [5.74, 6) is 1.43. The molecule has 1 aromatic heterocycles. The Morgan fingerprint density at radius 3 is 2.79 bits per heavy atom. The van der Waals surface area contributed by atoms with E-state index in [0.717, 1.165) is 18.2 Å². The van der Waals surface area contributed by atoms with Crippen LogP contribution in [0.1, 0.15) is 45.1 Å². The van der Waals surface area contributed by atoms with Crippen molar-refractivity contribution in [1.29, 1.82) is 0 Å². The van der Waals surface area contributed by atoms with Crippen LogP contribution in [0.25, 0.3) is 0 Å². The van der Waals surface area contributed by atoms with Crippen molar-refractivity contribution in [3.63, 3.8) is 0 Å². The zero-order valence-corrected chi connectivity index (χ0v) is 12.1. The molecule has 2 rings (SSSR count). The fourth-order valence-corrected chi connectivity index (χ4v) is 2.18. The topological polar surface area (TPSA) is 29.9 Å². The third-order valence-electron chi connectivity index (χ3n) is 3.30. The number of unbranched alkanes of at least 4 members (excludes halogenated alkanes) is 1. The number of benzene rings is 1. The number of imidazole rings is 1. The number of aromatic nitrogens is 2. The molecule has 0 aliphatic carbocycles. The second kappa shape index (κ2) is 6.41. The number of para-hydroxylation sites is 1. The standard InChI is InChI=1S/C16H23N3/c1-4-5-11-19-12-10-17-16(19)18-15-9-7-6-8-14(15)13(2)3/h6-10,12-13H,4-5,11H2,1-3H3,(H,17,18). The molecule has 0 aliphatic heterocycles. The summed E-state index contributed by atoms with van der Waals surface area (Å²) in [7, 11) is 0. The zero-order valence-electron chi connectivity index (χ0n) is 12.1. The first-order valence-corrected chi connectivity index (χ1v) is 7.09. The predicted molar refractivity (Wildman–Crippen MR) is 80.9 cm³/mol. The van der Waals surface area contributed by atoms with Crippen molar-refractivity contribution in [3.05, 3.63) is 42.2 Å². The van der Waals surface area contributed by atoms with Crippen LogP contribution in [0.2, 0.25) is 0 Å². The Morgan fingerprint density at radius 1 is 1.26 bits per heavy atom. The Bertz CT molecular complexity index is 514. The maximum Gasteiger partial charge on any atom is 0.207 e. The Hall–Kier alpha value is -1.77. The van der Waals surface area contributed by atoms with Gasteiger partial charge in [-0.2, -0.15) is 0 Å². The highest BCUT2D eigenvalue weighted by atomic mass is 15.2. The number of anilines is 2. The third-order valence-corrected chi connectivity index (χ3v) is 3.30. The van der Waals surface area contributed by atoms with E-state index in [0.29, 0.717) is 5.92 Å². The van der Waals surface area contributed by atoms with Gasteiger partial charge in [0.05, 0.1) is 0 Å². The second-order valence-corrected chi connectivity index (χ2v) is 5.16. The van der Waals surface area contributed by atoms with Gasteiger partial charge in [-0.05, 0) is 24.0 Å². The molecule has 3 nitrogen and oxygen atoms in total. The molecule has 0 unspecified atom stereocenters. The molecule has 0 bridgehead atoms. The summed E-state index contributed by atoms with van der Waals surface area (Å²) in [4.78, 5) is 4.42. The van der Waals surface area contributed by atoms with Gasteiger partial charge >= 0.3 is 0 Å². The normalized spacial score (nSPS) is 10.9. The van der Waals surface area contributed by atoms with Crippen LogP contribution in [-0.2, 0) is 6.54 Å². The van der Waals surface area contributed by atoms with Gasteiger partial charge in [0.15, 0.2) is 0 Å². The molecule has 0 fully saturated rings. The van der Waals surface area contributed by atoms with Crippen LogP contribution in [0, 0.1) is 0 Å². The SMILES string of the molecule is CCCCn1ccnc1Nc1ccccc1C(C)C. The van der Waals surface area contributed by atoms with E-state index in [9.17, 15) is 0 Å². The number of nitrogens with one attached hydrogen (secondary N) is 1. The van der Waals surface area contributed by atoms with Crippen LogP contribution in [0.4, 0.5) is 11.6 Å². The summed E-state index contributed by atoms with van der Waals surface area (Å²) in [5, 5.41) is 3.46. The first-order chi connectivity index (χ1) is 9.22. The average Bonchev–Trinajstić information content (AvgIpc) is 2.84. The van der Waals surface area contributed by atoms with Gasteiger partial charge in [-0.1, -0.05) is 45.4 Å². The van der Waals surface area contributed by atoms with E-state index in [2.05, 4.69) is 59.9 Å². The minimum atomic E-state index is 0.503. The maximum atomic E-state index is 4.42. The molecule has 0 saturated carbocycles. The van der Waals surface area contributed by atoms with Crippen molar-refractivity contribution in [1.82, 2.24) is 9.55 Å². The Balaban J connectivity index is 2.19. The van der Waals surface area contributed by atoms with Crippen LogP contribution in [0.3, 0.4) is 0 Å². The smallest absolute Gasteiger partial charge is 0.207 e. The molecule has 0 saturated heterocycles. The lowest BCUT2D eigenvalue weighted by Gasteiger charge is -2.15. The fraction of sp³-hybridized carbons (Fsp3) is 0.438. The minimum Gasteiger partial charge on any atom is -0.325 e. The lowest BCUT2D eigenvalue weighted by Crippen LogP contribution is -2.05.